The van der Waals surface area contributed by atoms with E-state index < -0.39 is 0 Å². The number of nitrogens with one attached hydrogen (secondary N) is 1. The van der Waals surface area contributed by atoms with Crippen molar-refractivity contribution < 1.29 is 9.53 Å². The molecule has 4 heteroatoms. The van der Waals surface area contributed by atoms with Crippen LogP contribution in [-0.4, -0.2) is 43.6 Å². The molecule has 0 spiro atoms. The van der Waals surface area contributed by atoms with Crippen LogP contribution < -0.4 is 10.1 Å². The third-order valence-electron chi connectivity index (χ3n) is 4.01. The minimum absolute atomic E-state index is 0.269. The van der Waals surface area contributed by atoms with Gasteiger partial charge in [-0.15, -0.1) is 0 Å². The third kappa shape index (κ3) is 4.46. The quantitative estimate of drug-likeness (QED) is 0.903. The fraction of sp³-hybridized carbons (Fsp3) is 0.588. The average molecular weight is 290 g/mol. The summed E-state index contributed by atoms with van der Waals surface area (Å²) in [6, 6.07) is 8.44. The molecule has 1 fully saturated rings. The number of benzene rings is 1. The van der Waals surface area contributed by atoms with Crippen LogP contribution >= 0.6 is 0 Å². The van der Waals surface area contributed by atoms with E-state index in [0.717, 1.165) is 31.8 Å². The van der Waals surface area contributed by atoms with Crippen LogP contribution in [-0.2, 0) is 11.2 Å². The van der Waals surface area contributed by atoms with Crippen LogP contribution in [0.4, 0.5) is 0 Å². The molecule has 21 heavy (non-hydrogen) atoms. The van der Waals surface area contributed by atoms with Gasteiger partial charge in [0, 0.05) is 32.1 Å². The van der Waals surface area contributed by atoms with Crippen molar-refractivity contribution in [2.45, 2.75) is 32.7 Å². The molecular weight excluding hydrogens is 264 g/mol. The summed E-state index contributed by atoms with van der Waals surface area (Å²) in [6.45, 7) is 6.80. The molecule has 2 unspecified atom stereocenters. The minimum Gasteiger partial charge on any atom is -0.496 e. The Balaban J connectivity index is 1.89. The maximum Gasteiger partial charge on any atom is 0.222 e. The molecule has 2 rings (SSSR count). The number of carbonyl (C=O) groups is 1. The summed E-state index contributed by atoms with van der Waals surface area (Å²) in [6.07, 6.45) is 1.47. The number of rotatable bonds is 5. The standard InChI is InChI=1S/C17H26N2O2/c1-13(10-15-6-4-5-7-16(15)21-3)11-17(20)19-9-8-18-14(2)12-19/h4-7,13-14,18H,8-12H2,1-3H3. The van der Waals surface area contributed by atoms with Crippen molar-refractivity contribution in [1.82, 2.24) is 10.2 Å². The molecule has 1 aliphatic rings. The molecule has 0 radical (unpaired) electrons. The molecule has 1 heterocycles. The monoisotopic (exact) mass is 290 g/mol. The summed E-state index contributed by atoms with van der Waals surface area (Å²) in [4.78, 5) is 14.4. The van der Waals surface area contributed by atoms with Gasteiger partial charge >= 0.3 is 0 Å². The molecule has 116 valence electrons. The van der Waals surface area contributed by atoms with E-state index >= 15 is 0 Å². The van der Waals surface area contributed by atoms with E-state index in [1.807, 2.05) is 23.1 Å². The van der Waals surface area contributed by atoms with Crippen LogP contribution in [0.15, 0.2) is 24.3 Å². The normalized spacial score (nSPS) is 20.1. The number of piperazine rings is 1. The highest BCUT2D eigenvalue weighted by atomic mass is 16.5. The molecule has 1 aromatic rings. The van der Waals surface area contributed by atoms with Crippen molar-refractivity contribution in [3.63, 3.8) is 0 Å². The summed E-state index contributed by atoms with van der Waals surface area (Å²) in [5.74, 6) is 1.50. The van der Waals surface area contributed by atoms with Crippen molar-refractivity contribution in [2.75, 3.05) is 26.7 Å². The van der Waals surface area contributed by atoms with Gasteiger partial charge in [0.1, 0.15) is 5.75 Å². The number of methoxy groups -OCH3 is 1. The number of carbonyl (C=O) groups excluding carboxylic acids is 1. The fourth-order valence-electron chi connectivity index (χ4n) is 2.91. The Bertz CT molecular complexity index is 476. The second kappa shape index (κ2) is 7.46. The first kappa shape index (κ1) is 15.8. The van der Waals surface area contributed by atoms with Gasteiger partial charge in [-0.05, 0) is 30.9 Å². The van der Waals surface area contributed by atoms with E-state index in [-0.39, 0.29) is 5.91 Å². The van der Waals surface area contributed by atoms with Crippen molar-refractivity contribution >= 4 is 5.91 Å². The highest BCUT2D eigenvalue weighted by molar-refractivity contribution is 5.76. The third-order valence-corrected chi connectivity index (χ3v) is 4.01. The van der Waals surface area contributed by atoms with Crippen molar-refractivity contribution in [1.29, 1.82) is 0 Å². The Morgan fingerprint density at radius 2 is 2.24 bits per heavy atom. The lowest BCUT2D eigenvalue weighted by Gasteiger charge is -2.32. The second-order valence-corrected chi connectivity index (χ2v) is 6.02. The Morgan fingerprint density at radius 1 is 1.48 bits per heavy atom. The van der Waals surface area contributed by atoms with Gasteiger partial charge in [0.15, 0.2) is 0 Å². The maximum absolute atomic E-state index is 12.4. The predicted molar refractivity (Wildman–Crippen MR) is 84.5 cm³/mol. The second-order valence-electron chi connectivity index (χ2n) is 6.02. The summed E-state index contributed by atoms with van der Waals surface area (Å²) in [7, 11) is 1.69. The van der Waals surface area contributed by atoms with E-state index in [1.54, 1.807) is 7.11 Å². The van der Waals surface area contributed by atoms with Crippen molar-refractivity contribution in [3.05, 3.63) is 29.8 Å². The first-order chi connectivity index (χ1) is 10.1. The van der Waals surface area contributed by atoms with Crippen molar-refractivity contribution in [2.24, 2.45) is 5.92 Å². The van der Waals surface area contributed by atoms with E-state index in [0.29, 0.717) is 18.4 Å². The molecule has 2 atom stereocenters. The molecule has 1 saturated heterocycles. The van der Waals surface area contributed by atoms with E-state index in [4.69, 9.17) is 4.74 Å². The summed E-state index contributed by atoms with van der Waals surface area (Å²) < 4.78 is 5.38. The smallest absolute Gasteiger partial charge is 0.222 e. The summed E-state index contributed by atoms with van der Waals surface area (Å²) >= 11 is 0. The highest BCUT2D eigenvalue weighted by Crippen LogP contribution is 2.22. The molecule has 1 aliphatic heterocycles. The van der Waals surface area contributed by atoms with Gasteiger partial charge in [-0.1, -0.05) is 25.1 Å². The first-order valence-corrected chi connectivity index (χ1v) is 7.73. The zero-order valence-corrected chi connectivity index (χ0v) is 13.3. The van der Waals surface area contributed by atoms with E-state index in [9.17, 15) is 4.79 Å². The minimum atomic E-state index is 0.269. The molecule has 0 saturated carbocycles. The Hall–Kier alpha value is -1.55. The lowest BCUT2D eigenvalue weighted by Crippen LogP contribution is -2.51. The van der Waals surface area contributed by atoms with Crippen LogP contribution in [0.3, 0.4) is 0 Å². The van der Waals surface area contributed by atoms with E-state index in [2.05, 4.69) is 25.2 Å². The molecule has 1 aromatic carbocycles. The van der Waals surface area contributed by atoms with Gasteiger partial charge in [-0.3, -0.25) is 4.79 Å². The van der Waals surface area contributed by atoms with Crippen LogP contribution in [0, 0.1) is 5.92 Å². The van der Waals surface area contributed by atoms with Gasteiger partial charge in [0.25, 0.3) is 0 Å². The number of hydrogen-bond donors (Lipinski definition) is 1. The van der Waals surface area contributed by atoms with Gasteiger partial charge in [0.05, 0.1) is 7.11 Å². The number of nitrogens with zero attached hydrogens (tertiary/aromatic N) is 1. The highest BCUT2D eigenvalue weighted by Gasteiger charge is 2.22. The SMILES string of the molecule is COc1ccccc1CC(C)CC(=O)N1CCNC(C)C1. The number of amides is 1. The average Bonchev–Trinajstić information content (AvgIpc) is 2.47. The molecule has 0 bridgehead atoms. The van der Waals surface area contributed by atoms with Gasteiger partial charge in [-0.2, -0.15) is 0 Å². The number of para-hydroxylation sites is 1. The Morgan fingerprint density at radius 3 is 2.95 bits per heavy atom. The number of hydrogen-bond acceptors (Lipinski definition) is 3. The van der Waals surface area contributed by atoms with Gasteiger partial charge in [0.2, 0.25) is 5.91 Å². The molecule has 0 aliphatic carbocycles. The van der Waals surface area contributed by atoms with Gasteiger partial charge in [-0.25, -0.2) is 0 Å². The Kier molecular flexibility index (Phi) is 5.62. The fourth-order valence-corrected chi connectivity index (χ4v) is 2.91. The molecule has 1 N–H and O–H groups in total. The van der Waals surface area contributed by atoms with Crippen LogP contribution in [0.25, 0.3) is 0 Å². The topological polar surface area (TPSA) is 41.6 Å². The molecule has 4 nitrogen and oxygen atoms in total. The lowest BCUT2D eigenvalue weighted by molar-refractivity contribution is -0.133. The zero-order valence-electron chi connectivity index (χ0n) is 13.3. The Labute approximate surface area is 127 Å². The maximum atomic E-state index is 12.4. The zero-order chi connectivity index (χ0) is 15.2. The van der Waals surface area contributed by atoms with Gasteiger partial charge < -0.3 is 15.0 Å². The largest absolute Gasteiger partial charge is 0.496 e. The van der Waals surface area contributed by atoms with Crippen LogP contribution in [0.5, 0.6) is 5.75 Å². The van der Waals surface area contributed by atoms with Crippen molar-refractivity contribution in [3.8, 4) is 5.75 Å². The molecule has 0 aromatic heterocycles. The summed E-state index contributed by atoms with van der Waals surface area (Å²) in [5, 5.41) is 3.36. The predicted octanol–water partition coefficient (Wildman–Crippen LogP) is 2.08. The number of ether oxygens (including phenoxy) is 1. The lowest BCUT2D eigenvalue weighted by atomic mass is 9.96. The van der Waals surface area contributed by atoms with Crippen LogP contribution in [0.1, 0.15) is 25.8 Å². The molecular formula is C17H26N2O2. The first-order valence-electron chi connectivity index (χ1n) is 7.73. The van der Waals surface area contributed by atoms with E-state index in [1.165, 1.54) is 5.56 Å². The van der Waals surface area contributed by atoms with Crippen LogP contribution in [0.2, 0.25) is 0 Å². The summed E-state index contributed by atoms with van der Waals surface area (Å²) in [5.41, 5.74) is 1.17. The molecule has 1 amide bonds.